The van der Waals surface area contributed by atoms with Gasteiger partial charge in [0.2, 0.25) is 5.88 Å². The number of ether oxygens (including phenoxy) is 1. The summed E-state index contributed by atoms with van der Waals surface area (Å²) in [4.78, 5) is 30.7. The number of nitrogens with one attached hydrogen (secondary N) is 2. The molecular formula is C24H32N6O3. The Morgan fingerprint density at radius 3 is 2.64 bits per heavy atom. The fourth-order valence-corrected chi connectivity index (χ4v) is 3.25. The number of aliphatic imine (C=N–C) groups is 1. The molecule has 2 rings (SSSR count). The van der Waals surface area contributed by atoms with Gasteiger partial charge in [0, 0.05) is 37.1 Å². The topological polar surface area (TPSA) is 137 Å². The molecule has 2 atom stereocenters. The lowest BCUT2D eigenvalue weighted by Crippen LogP contribution is -2.35. The number of methoxy groups -OCH3 is 1. The molecule has 0 bridgehead atoms. The van der Waals surface area contributed by atoms with E-state index in [2.05, 4.69) is 53.9 Å². The van der Waals surface area contributed by atoms with Gasteiger partial charge in [0.1, 0.15) is 6.29 Å². The van der Waals surface area contributed by atoms with Crippen molar-refractivity contribution in [2.24, 2.45) is 16.6 Å². The third-order valence-corrected chi connectivity index (χ3v) is 4.96. The van der Waals surface area contributed by atoms with Gasteiger partial charge >= 0.3 is 0 Å². The van der Waals surface area contributed by atoms with Gasteiger partial charge in [-0.15, -0.1) is 0 Å². The third kappa shape index (κ3) is 8.27. The Kier molecular flexibility index (Phi) is 11.1. The van der Waals surface area contributed by atoms with E-state index in [4.69, 9.17) is 15.7 Å². The van der Waals surface area contributed by atoms with Gasteiger partial charge in [-0.2, -0.15) is 5.26 Å². The Labute approximate surface area is 195 Å². The highest BCUT2D eigenvalue weighted by Gasteiger charge is 2.29. The lowest BCUT2D eigenvalue weighted by molar-refractivity contribution is -0.114. The second kappa shape index (κ2) is 13.5. The van der Waals surface area contributed by atoms with Crippen molar-refractivity contribution in [2.45, 2.75) is 19.4 Å². The van der Waals surface area contributed by atoms with E-state index in [-0.39, 0.29) is 12.5 Å². The van der Waals surface area contributed by atoms with Crippen molar-refractivity contribution in [1.82, 2.24) is 15.2 Å². The Morgan fingerprint density at radius 2 is 2.18 bits per heavy atom. The molecule has 1 aliphatic rings. The van der Waals surface area contributed by atoms with Gasteiger partial charge in [-0.25, -0.2) is 4.99 Å². The number of aldehydes is 1. The van der Waals surface area contributed by atoms with E-state index < -0.39 is 5.91 Å². The lowest BCUT2D eigenvalue weighted by Gasteiger charge is -2.21. The van der Waals surface area contributed by atoms with Crippen LogP contribution in [-0.4, -0.2) is 61.6 Å². The largest absolute Gasteiger partial charge is 0.481 e. The molecule has 1 aromatic rings. The molecule has 0 unspecified atom stereocenters. The molecule has 33 heavy (non-hydrogen) atoms. The van der Waals surface area contributed by atoms with E-state index in [1.54, 1.807) is 18.5 Å². The van der Waals surface area contributed by atoms with Crippen molar-refractivity contribution in [3.05, 3.63) is 60.8 Å². The number of rotatable bonds is 10. The number of likely N-dealkylation sites (N-methyl/N-ethyl adjacent to an activating group) is 1. The van der Waals surface area contributed by atoms with Crippen LogP contribution in [0.4, 0.5) is 0 Å². The zero-order valence-corrected chi connectivity index (χ0v) is 19.4. The van der Waals surface area contributed by atoms with Gasteiger partial charge in [-0.3, -0.25) is 4.79 Å². The maximum Gasteiger partial charge on any atom is 0.250 e. The minimum atomic E-state index is -0.538. The van der Waals surface area contributed by atoms with Crippen LogP contribution in [0.15, 0.2) is 54.5 Å². The smallest absolute Gasteiger partial charge is 0.250 e. The molecule has 1 aromatic heterocycles. The van der Waals surface area contributed by atoms with E-state index in [0.29, 0.717) is 34.9 Å². The molecule has 0 saturated carbocycles. The molecule has 9 nitrogen and oxygen atoms in total. The molecule has 1 aliphatic heterocycles. The SMILES string of the molecule is C=C/C(C(N)=O)=C(/N[C@@H]1CN(C)C[C@@H]1C)c1cc(C(=C)/C=N\C(=C)OC)c[nH]1.N#CCC=O. The zero-order chi connectivity index (χ0) is 25.0. The lowest BCUT2D eigenvalue weighted by atomic mass is 10.0. The number of nitrogens with zero attached hydrogens (tertiary/aromatic N) is 3. The summed E-state index contributed by atoms with van der Waals surface area (Å²) in [5.41, 5.74) is 8.78. The Balaban J connectivity index is 0.000000981. The van der Waals surface area contributed by atoms with Crippen LogP contribution in [0.25, 0.3) is 11.3 Å². The summed E-state index contributed by atoms with van der Waals surface area (Å²) < 4.78 is 4.92. The highest BCUT2D eigenvalue weighted by molar-refractivity contribution is 6.09. The maximum atomic E-state index is 12.0. The minimum absolute atomic E-state index is 0.0139. The molecule has 0 spiro atoms. The van der Waals surface area contributed by atoms with Gasteiger partial charge in [0.05, 0.1) is 36.6 Å². The monoisotopic (exact) mass is 452 g/mol. The number of likely N-dealkylation sites (tertiary alicyclic amines) is 1. The molecule has 0 radical (unpaired) electrons. The molecule has 4 N–H and O–H groups in total. The van der Waals surface area contributed by atoms with Crippen LogP contribution >= 0.6 is 0 Å². The second-order valence-electron chi connectivity index (χ2n) is 7.52. The maximum absolute atomic E-state index is 12.0. The summed E-state index contributed by atoms with van der Waals surface area (Å²) in [7, 11) is 3.58. The van der Waals surface area contributed by atoms with Crippen LogP contribution in [0.3, 0.4) is 0 Å². The van der Waals surface area contributed by atoms with Gasteiger partial charge in [0.25, 0.3) is 5.91 Å². The minimum Gasteiger partial charge on any atom is -0.481 e. The van der Waals surface area contributed by atoms with E-state index >= 15 is 0 Å². The number of primary amides is 1. The quantitative estimate of drug-likeness (QED) is 0.164. The number of aromatic nitrogens is 1. The van der Waals surface area contributed by atoms with Crippen LogP contribution < -0.4 is 11.1 Å². The fraction of sp³-hybridized carbons (Fsp3) is 0.333. The van der Waals surface area contributed by atoms with Crippen molar-refractivity contribution in [2.75, 3.05) is 27.2 Å². The van der Waals surface area contributed by atoms with E-state index in [0.717, 1.165) is 24.3 Å². The molecular weight excluding hydrogens is 420 g/mol. The van der Waals surface area contributed by atoms with E-state index in [1.165, 1.54) is 13.2 Å². The molecule has 0 aliphatic carbocycles. The molecule has 9 heteroatoms. The molecule has 1 amide bonds. The molecule has 0 aromatic carbocycles. The molecule has 2 heterocycles. The zero-order valence-electron chi connectivity index (χ0n) is 19.4. The Bertz CT molecular complexity index is 983. The number of allylic oxidation sites excluding steroid dienone is 1. The van der Waals surface area contributed by atoms with Crippen molar-refractivity contribution >= 4 is 29.7 Å². The predicted molar refractivity (Wildman–Crippen MR) is 131 cm³/mol. The summed E-state index contributed by atoms with van der Waals surface area (Å²) >= 11 is 0. The fourth-order valence-electron chi connectivity index (χ4n) is 3.25. The standard InChI is InChI=1S/C21H29N5O2.C3H3NO/c1-7-17(21(22)27)20(25-19-12-26(5)11-14(19)3)18-8-16(10-24-18)13(2)9-23-15(4)28-6;4-2-1-3-5/h7-10,14,19,24-25H,1-2,4,11-12H2,3,5-6H3,(H2,22,27);3H,1H2/b20-17-,23-9-;/t14-,19+;/m0./s1. The van der Waals surface area contributed by atoms with Crippen LogP contribution in [-0.2, 0) is 14.3 Å². The average molecular weight is 453 g/mol. The van der Waals surface area contributed by atoms with Crippen LogP contribution in [0.2, 0.25) is 0 Å². The first-order chi connectivity index (χ1) is 15.7. The number of nitrogens with two attached hydrogens (primary N) is 1. The number of carbonyl (C=O) groups excluding carboxylic acids is 2. The van der Waals surface area contributed by atoms with Crippen molar-refractivity contribution in [3.63, 3.8) is 0 Å². The second-order valence-corrected chi connectivity index (χ2v) is 7.52. The van der Waals surface area contributed by atoms with Crippen LogP contribution in [0.1, 0.15) is 24.6 Å². The number of nitriles is 1. The van der Waals surface area contributed by atoms with Gasteiger partial charge in [-0.1, -0.05) is 26.2 Å². The number of hydrogen-bond acceptors (Lipinski definition) is 7. The Morgan fingerprint density at radius 1 is 1.48 bits per heavy atom. The van der Waals surface area contributed by atoms with Crippen LogP contribution in [0, 0.1) is 17.2 Å². The van der Waals surface area contributed by atoms with E-state index in [1.807, 2.05) is 6.07 Å². The summed E-state index contributed by atoms with van der Waals surface area (Å²) in [6.07, 6.45) is 5.44. The normalized spacial score (nSPS) is 18.4. The number of H-pyrrole nitrogens is 1. The summed E-state index contributed by atoms with van der Waals surface area (Å²) in [6, 6.07) is 3.73. The number of hydrogen-bond donors (Lipinski definition) is 3. The first-order valence-electron chi connectivity index (χ1n) is 10.3. The molecule has 1 fully saturated rings. The molecule has 1 saturated heterocycles. The van der Waals surface area contributed by atoms with Crippen molar-refractivity contribution in [3.8, 4) is 6.07 Å². The van der Waals surface area contributed by atoms with Gasteiger partial charge in [-0.05, 0) is 31.2 Å². The third-order valence-electron chi connectivity index (χ3n) is 4.96. The highest BCUT2D eigenvalue weighted by Crippen LogP contribution is 2.24. The Hall–Kier alpha value is -3.90. The van der Waals surface area contributed by atoms with Crippen molar-refractivity contribution < 1.29 is 14.3 Å². The van der Waals surface area contributed by atoms with Crippen molar-refractivity contribution in [1.29, 1.82) is 5.26 Å². The average Bonchev–Trinajstić information content (AvgIpc) is 3.38. The predicted octanol–water partition coefficient (Wildman–Crippen LogP) is 2.24. The number of amides is 1. The van der Waals surface area contributed by atoms with Gasteiger partial charge < -0.3 is 30.5 Å². The first kappa shape index (κ1) is 27.1. The van der Waals surface area contributed by atoms with Crippen LogP contribution in [0.5, 0.6) is 0 Å². The summed E-state index contributed by atoms with van der Waals surface area (Å²) in [6.45, 7) is 15.4. The summed E-state index contributed by atoms with van der Waals surface area (Å²) in [5.74, 6) is 0.182. The van der Waals surface area contributed by atoms with Gasteiger partial charge in [0.15, 0.2) is 0 Å². The van der Waals surface area contributed by atoms with E-state index in [9.17, 15) is 9.59 Å². The molecule has 176 valence electrons. The number of carbonyl (C=O) groups is 2. The number of aromatic amines is 1. The highest BCUT2D eigenvalue weighted by atomic mass is 16.5. The first-order valence-corrected chi connectivity index (χ1v) is 10.3. The summed E-state index contributed by atoms with van der Waals surface area (Å²) in [5, 5.41) is 11.1.